The van der Waals surface area contributed by atoms with E-state index in [0.29, 0.717) is 22.8 Å². The topological polar surface area (TPSA) is 76.1 Å². The molecular weight excluding hydrogens is 328 g/mol. The Morgan fingerprint density at radius 3 is 2.73 bits per heavy atom. The summed E-state index contributed by atoms with van der Waals surface area (Å²) in [7, 11) is 1.60. The normalized spacial score (nSPS) is 10.7. The number of urea groups is 1. The number of pyridine rings is 2. The Bertz CT molecular complexity index is 1110. The van der Waals surface area contributed by atoms with Crippen molar-refractivity contribution >= 4 is 39.3 Å². The van der Waals surface area contributed by atoms with E-state index >= 15 is 0 Å². The Morgan fingerprint density at radius 2 is 1.85 bits per heavy atom. The van der Waals surface area contributed by atoms with Gasteiger partial charge in [0.25, 0.3) is 0 Å². The number of rotatable bonds is 3. The van der Waals surface area contributed by atoms with Gasteiger partial charge in [-0.3, -0.25) is 10.3 Å². The van der Waals surface area contributed by atoms with Crippen LogP contribution in [0, 0.1) is 0 Å². The Labute approximate surface area is 149 Å². The smallest absolute Gasteiger partial charge is 0.324 e. The van der Waals surface area contributed by atoms with E-state index in [-0.39, 0.29) is 6.03 Å². The van der Waals surface area contributed by atoms with Gasteiger partial charge in [-0.2, -0.15) is 0 Å². The summed E-state index contributed by atoms with van der Waals surface area (Å²) >= 11 is 0. The van der Waals surface area contributed by atoms with Crippen LogP contribution in [-0.2, 0) is 0 Å². The SMILES string of the molecule is COc1ccc(NC(=O)Nc2ccc3ccccc3n2)c2ncccc12. The zero-order valence-corrected chi connectivity index (χ0v) is 14.1. The van der Waals surface area contributed by atoms with E-state index in [1.807, 2.05) is 42.5 Å². The van der Waals surface area contributed by atoms with Gasteiger partial charge in [0.05, 0.1) is 23.8 Å². The zero-order chi connectivity index (χ0) is 17.9. The number of nitrogens with zero attached hydrogens (tertiary/aromatic N) is 2. The molecule has 0 bridgehead atoms. The van der Waals surface area contributed by atoms with E-state index in [1.54, 1.807) is 31.5 Å². The number of para-hydroxylation sites is 1. The van der Waals surface area contributed by atoms with Crippen molar-refractivity contribution in [2.75, 3.05) is 17.7 Å². The minimum Gasteiger partial charge on any atom is -0.496 e. The van der Waals surface area contributed by atoms with Gasteiger partial charge >= 0.3 is 6.03 Å². The molecular formula is C20H16N4O2. The monoisotopic (exact) mass is 344 g/mol. The summed E-state index contributed by atoms with van der Waals surface area (Å²) in [6, 6.07) is 18.3. The van der Waals surface area contributed by atoms with Crippen LogP contribution in [-0.4, -0.2) is 23.1 Å². The predicted molar refractivity (Wildman–Crippen MR) is 103 cm³/mol. The quantitative estimate of drug-likeness (QED) is 0.576. The van der Waals surface area contributed by atoms with Gasteiger partial charge in [0, 0.05) is 17.0 Å². The van der Waals surface area contributed by atoms with Gasteiger partial charge in [-0.1, -0.05) is 18.2 Å². The first kappa shape index (κ1) is 15.8. The lowest BCUT2D eigenvalue weighted by atomic mass is 10.1. The van der Waals surface area contributed by atoms with E-state index in [9.17, 15) is 4.79 Å². The summed E-state index contributed by atoms with van der Waals surface area (Å²) in [4.78, 5) is 21.2. The van der Waals surface area contributed by atoms with Gasteiger partial charge in [0.1, 0.15) is 11.6 Å². The highest BCUT2D eigenvalue weighted by atomic mass is 16.5. The van der Waals surface area contributed by atoms with Crippen molar-refractivity contribution in [1.82, 2.24) is 9.97 Å². The number of hydrogen-bond donors (Lipinski definition) is 2. The van der Waals surface area contributed by atoms with Crippen molar-refractivity contribution in [2.24, 2.45) is 0 Å². The molecule has 0 fully saturated rings. The first-order chi connectivity index (χ1) is 12.7. The number of carbonyl (C=O) groups is 1. The molecule has 2 N–H and O–H groups in total. The molecule has 0 spiro atoms. The number of hydrogen-bond acceptors (Lipinski definition) is 4. The molecule has 4 aromatic rings. The molecule has 0 aliphatic rings. The highest BCUT2D eigenvalue weighted by molar-refractivity contribution is 6.06. The van der Waals surface area contributed by atoms with Crippen LogP contribution in [0.15, 0.2) is 66.9 Å². The fourth-order valence-electron chi connectivity index (χ4n) is 2.83. The van der Waals surface area contributed by atoms with Gasteiger partial charge < -0.3 is 10.1 Å². The Kier molecular flexibility index (Phi) is 4.07. The third kappa shape index (κ3) is 3.00. The number of methoxy groups -OCH3 is 1. The number of carbonyl (C=O) groups excluding carboxylic acids is 1. The van der Waals surface area contributed by atoms with Gasteiger partial charge in [-0.05, 0) is 42.5 Å². The second-order valence-electron chi connectivity index (χ2n) is 5.68. The second-order valence-corrected chi connectivity index (χ2v) is 5.68. The lowest BCUT2D eigenvalue weighted by molar-refractivity contribution is 0.262. The number of benzene rings is 2. The highest BCUT2D eigenvalue weighted by Gasteiger charge is 2.11. The zero-order valence-electron chi connectivity index (χ0n) is 14.1. The largest absolute Gasteiger partial charge is 0.496 e. The molecule has 0 radical (unpaired) electrons. The average molecular weight is 344 g/mol. The van der Waals surface area contributed by atoms with Gasteiger partial charge in [-0.15, -0.1) is 0 Å². The van der Waals surface area contributed by atoms with Crippen LogP contribution in [0.4, 0.5) is 16.3 Å². The molecule has 0 saturated carbocycles. The van der Waals surface area contributed by atoms with E-state index < -0.39 is 0 Å². The van der Waals surface area contributed by atoms with Crippen molar-refractivity contribution < 1.29 is 9.53 Å². The minimum absolute atomic E-state index is 0.384. The molecule has 2 heterocycles. The first-order valence-electron chi connectivity index (χ1n) is 8.10. The molecule has 0 aliphatic carbocycles. The summed E-state index contributed by atoms with van der Waals surface area (Å²) in [5.41, 5.74) is 2.08. The summed E-state index contributed by atoms with van der Waals surface area (Å²) in [5, 5.41) is 7.43. The number of anilines is 2. The molecule has 2 aromatic carbocycles. The van der Waals surface area contributed by atoms with Crippen molar-refractivity contribution in [2.45, 2.75) is 0 Å². The van der Waals surface area contributed by atoms with Gasteiger partial charge in [0.15, 0.2) is 0 Å². The highest BCUT2D eigenvalue weighted by Crippen LogP contribution is 2.29. The van der Waals surface area contributed by atoms with Crippen LogP contribution >= 0.6 is 0 Å². The maximum Gasteiger partial charge on any atom is 0.324 e. The summed E-state index contributed by atoms with van der Waals surface area (Å²) in [5.74, 6) is 1.18. The lowest BCUT2D eigenvalue weighted by Crippen LogP contribution is -2.20. The molecule has 2 aromatic heterocycles. The van der Waals surface area contributed by atoms with Crippen molar-refractivity contribution in [1.29, 1.82) is 0 Å². The minimum atomic E-state index is -0.384. The second kappa shape index (κ2) is 6.68. The van der Waals surface area contributed by atoms with Crippen molar-refractivity contribution in [3.05, 3.63) is 66.9 Å². The molecule has 0 unspecified atom stereocenters. The van der Waals surface area contributed by atoms with Crippen LogP contribution < -0.4 is 15.4 Å². The van der Waals surface area contributed by atoms with Crippen LogP contribution in [0.25, 0.3) is 21.8 Å². The van der Waals surface area contributed by atoms with Crippen LogP contribution in [0.2, 0.25) is 0 Å². The molecule has 26 heavy (non-hydrogen) atoms. The maximum absolute atomic E-state index is 12.4. The Morgan fingerprint density at radius 1 is 0.962 bits per heavy atom. The fraction of sp³-hybridized carbons (Fsp3) is 0.0500. The Balaban J connectivity index is 1.59. The third-order valence-corrected chi connectivity index (χ3v) is 4.04. The van der Waals surface area contributed by atoms with Gasteiger partial charge in [0.2, 0.25) is 0 Å². The summed E-state index contributed by atoms with van der Waals surface area (Å²) < 4.78 is 5.35. The maximum atomic E-state index is 12.4. The number of amides is 2. The van der Waals surface area contributed by atoms with Crippen molar-refractivity contribution in [3.63, 3.8) is 0 Å². The number of ether oxygens (including phenoxy) is 1. The van der Waals surface area contributed by atoms with Gasteiger partial charge in [-0.25, -0.2) is 9.78 Å². The lowest BCUT2D eigenvalue weighted by Gasteiger charge is -2.11. The van der Waals surface area contributed by atoms with E-state index in [0.717, 1.165) is 16.3 Å². The number of fused-ring (bicyclic) bond motifs is 2. The number of nitrogens with one attached hydrogen (secondary N) is 2. The summed E-state index contributed by atoms with van der Waals surface area (Å²) in [6.45, 7) is 0. The molecule has 2 amide bonds. The predicted octanol–water partition coefficient (Wildman–Crippen LogP) is 4.44. The van der Waals surface area contributed by atoms with Crippen LogP contribution in [0.1, 0.15) is 0 Å². The molecule has 0 saturated heterocycles. The molecule has 0 atom stereocenters. The number of aromatic nitrogens is 2. The average Bonchev–Trinajstić information content (AvgIpc) is 2.68. The van der Waals surface area contributed by atoms with E-state index in [4.69, 9.17) is 4.74 Å². The third-order valence-electron chi connectivity index (χ3n) is 4.04. The molecule has 6 nitrogen and oxygen atoms in total. The summed E-state index contributed by atoms with van der Waals surface area (Å²) in [6.07, 6.45) is 1.68. The van der Waals surface area contributed by atoms with E-state index in [2.05, 4.69) is 20.6 Å². The van der Waals surface area contributed by atoms with Crippen LogP contribution in [0.3, 0.4) is 0 Å². The van der Waals surface area contributed by atoms with Crippen LogP contribution in [0.5, 0.6) is 5.75 Å². The fourth-order valence-corrected chi connectivity index (χ4v) is 2.83. The molecule has 4 rings (SSSR count). The molecule has 6 heteroatoms. The Hall–Kier alpha value is -3.67. The van der Waals surface area contributed by atoms with E-state index in [1.165, 1.54) is 0 Å². The molecule has 128 valence electrons. The molecule has 0 aliphatic heterocycles. The first-order valence-corrected chi connectivity index (χ1v) is 8.10. The standard InChI is InChI=1S/C20H16N4O2/c1-26-17-10-9-16(19-14(17)6-4-12-21-19)23-20(25)24-18-11-8-13-5-2-3-7-15(13)22-18/h2-12H,1H3,(H2,22,23,24,25). The van der Waals surface area contributed by atoms with Crippen molar-refractivity contribution in [3.8, 4) is 5.75 Å².